The molecule has 0 saturated carbocycles. The molecule has 1 fully saturated rings. The number of nitrogens with zero attached hydrogens (tertiary/aromatic N) is 1. The summed E-state index contributed by atoms with van der Waals surface area (Å²) < 4.78 is 70.8. The van der Waals surface area contributed by atoms with Crippen molar-refractivity contribution in [3.8, 4) is 0 Å². The number of rotatable bonds is 4. The monoisotopic (exact) mass is 324 g/mol. The Morgan fingerprint density at radius 2 is 2.00 bits per heavy atom. The van der Waals surface area contributed by atoms with Gasteiger partial charge in [-0.3, -0.25) is 4.90 Å². The fourth-order valence-electron chi connectivity index (χ4n) is 2.86. The van der Waals surface area contributed by atoms with Gasteiger partial charge in [-0.05, 0) is 24.1 Å². The number of alkyl halides is 3. The summed E-state index contributed by atoms with van der Waals surface area (Å²) in [6, 6.07) is -0.209. The summed E-state index contributed by atoms with van der Waals surface area (Å²) in [7, 11) is 1.18. The minimum atomic E-state index is -4.50. The lowest BCUT2D eigenvalue weighted by atomic mass is 9.99. The maximum absolute atomic E-state index is 13.4. The highest BCUT2D eigenvalue weighted by Gasteiger charge is 2.49. The third kappa shape index (κ3) is 3.39. The van der Waals surface area contributed by atoms with Crippen LogP contribution in [0, 0.1) is 11.6 Å². The van der Waals surface area contributed by atoms with E-state index < -0.39 is 42.5 Å². The molecule has 2 unspecified atom stereocenters. The van der Waals surface area contributed by atoms with Gasteiger partial charge in [-0.2, -0.15) is 13.2 Å². The first kappa shape index (κ1) is 17.1. The molecule has 0 amide bonds. The normalized spacial score (nSPS) is 24.7. The molecular formula is C14H17F5N2O. The zero-order chi connectivity index (χ0) is 16.5. The Balaban J connectivity index is 2.35. The van der Waals surface area contributed by atoms with Gasteiger partial charge in [-0.15, -0.1) is 0 Å². The van der Waals surface area contributed by atoms with Crippen molar-refractivity contribution in [2.75, 3.05) is 20.3 Å². The Bertz CT molecular complexity index is 522. The van der Waals surface area contributed by atoms with Crippen molar-refractivity contribution < 1.29 is 26.7 Å². The summed E-state index contributed by atoms with van der Waals surface area (Å²) >= 11 is 0. The summed E-state index contributed by atoms with van der Waals surface area (Å²) in [6.45, 7) is -0.436. The van der Waals surface area contributed by atoms with E-state index in [2.05, 4.69) is 4.74 Å². The van der Waals surface area contributed by atoms with Crippen molar-refractivity contribution in [1.82, 2.24) is 4.90 Å². The van der Waals surface area contributed by atoms with Crippen molar-refractivity contribution in [3.05, 3.63) is 35.4 Å². The van der Waals surface area contributed by atoms with Crippen molar-refractivity contribution >= 4 is 0 Å². The smallest absolute Gasteiger partial charge is 0.383 e. The number of hydrogen-bond donors (Lipinski definition) is 1. The van der Waals surface area contributed by atoms with Crippen LogP contribution in [0.2, 0.25) is 0 Å². The molecular weight excluding hydrogens is 307 g/mol. The first-order valence-electron chi connectivity index (χ1n) is 6.77. The van der Waals surface area contributed by atoms with Gasteiger partial charge in [0.1, 0.15) is 6.04 Å². The molecule has 0 radical (unpaired) electrons. The molecule has 1 aromatic rings. The van der Waals surface area contributed by atoms with Crippen LogP contribution in [0.1, 0.15) is 18.0 Å². The number of likely N-dealkylation sites (tertiary alicyclic amines) is 1. The Labute approximate surface area is 124 Å². The molecule has 0 aliphatic carbocycles. The molecule has 3 atom stereocenters. The van der Waals surface area contributed by atoms with E-state index in [1.165, 1.54) is 13.2 Å². The van der Waals surface area contributed by atoms with Crippen LogP contribution in [0.5, 0.6) is 0 Å². The number of nitrogens with two attached hydrogens (primary N) is 1. The van der Waals surface area contributed by atoms with Crippen LogP contribution in [0.3, 0.4) is 0 Å². The van der Waals surface area contributed by atoms with Crippen molar-refractivity contribution in [2.45, 2.75) is 30.7 Å². The number of benzene rings is 1. The van der Waals surface area contributed by atoms with Crippen molar-refractivity contribution in [1.29, 1.82) is 0 Å². The molecule has 1 heterocycles. The van der Waals surface area contributed by atoms with Gasteiger partial charge in [0.15, 0.2) is 11.6 Å². The largest absolute Gasteiger partial charge is 0.406 e. The zero-order valence-electron chi connectivity index (χ0n) is 11.9. The van der Waals surface area contributed by atoms with Crippen LogP contribution in [-0.2, 0) is 4.74 Å². The highest BCUT2D eigenvalue weighted by Crippen LogP contribution is 2.38. The molecule has 1 aliphatic heterocycles. The lowest BCUT2D eigenvalue weighted by Gasteiger charge is -2.35. The van der Waals surface area contributed by atoms with E-state index in [0.717, 1.165) is 17.0 Å². The average molecular weight is 324 g/mol. The zero-order valence-corrected chi connectivity index (χ0v) is 11.9. The van der Waals surface area contributed by atoms with Gasteiger partial charge in [0.05, 0.1) is 12.6 Å². The summed E-state index contributed by atoms with van der Waals surface area (Å²) in [4.78, 5) is 1.15. The van der Waals surface area contributed by atoms with Gasteiger partial charge in [-0.1, -0.05) is 6.07 Å². The molecule has 2 N–H and O–H groups in total. The Hall–Kier alpha value is -1.25. The van der Waals surface area contributed by atoms with Crippen LogP contribution < -0.4 is 5.73 Å². The third-order valence-corrected chi connectivity index (χ3v) is 3.87. The highest BCUT2D eigenvalue weighted by atomic mass is 19.4. The Morgan fingerprint density at radius 3 is 2.55 bits per heavy atom. The molecule has 0 aromatic heterocycles. The quantitative estimate of drug-likeness (QED) is 0.866. The van der Waals surface area contributed by atoms with Gasteiger partial charge in [0, 0.05) is 19.7 Å². The summed E-state index contributed by atoms with van der Waals surface area (Å²) in [6.07, 6.45) is -4.17. The number of hydrogen-bond acceptors (Lipinski definition) is 3. The third-order valence-electron chi connectivity index (χ3n) is 3.87. The number of methoxy groups -OCH3 is 1. The fourth-order valence-corrected chi connectivity index (χ4v) is 2.86. The molecule has 1 saturated heterocycles. The van der Waals surface area contributed by atoms with E-state index in [1.54, 1.807) is 0 Å². The number of halogens is 5. The van der Waals surface area contributed by atoms with E-state index in [9.17, 15) is 22.0 Å². The first-order valence-corrected chi connectivity index (χ1v) is 6.77. The molecule has 0 bridgehead atoms. The predicted molar refractivity (Wildman–Crippen MR) is 70.1 cm³/mol. The van der Waals surface area contributed by atoms with Gasteiger partial charge >= 0.3 is 6.18 Å². The molecule has 1 aromatic carbocycles. The molecule has 3 nitrogen and oxygen atoms in total. The minimum absolute atomic E-state index is 0.109. The van der Waals surface area contributed by atoms with Crippen molar-refractivity contribution in [3.63, 3.8) is 0 Å². The van der Waals surface area contributed by atoms with Crippen LogP contribution in [0.15, 0.2) is 18.2 Å². The maximum atomic E-state index is 13.4. The second-order valence-corrected chi connectivity index (χ2v) is 5.32. The van der Waals surface area contributed by atoms with E-state index in [0.29, 0.717) is 6.42 Å². The Kier molecular flexibility index (Phi) is 5.03. The molecule has 1 aliphatic rings. The average Bonchev–Trinajstić information content (AvgIpc) is 2.79. The van der Waals surface area contributed by atoms with Gasteiger partial charge in [0.2, 0.25) is 0 Å². The molecule has 22 heavy (non-hydrogen) atoms. The van der Waals surface area contributed by atoms with E-state index >= 15 is 0 Å². The van der Waals surface area contributed by atoms with Crippen molar-refractivity contribution in [2.24, 2.45) is 5.73 Å². The molecule has 0 spiro atoms. The molecule has 2 rings (SSSR count). The number of ether oxygens (including phenoxy) is 1. The maximum Gasteiger partial charge on any atom is 0.406 e. The molecule has 8 heteroatoms. The van der Waals surface area contributed by atoms with Gasteiger partial charge < -0.3 is 10.5 Å². The van der Waals surface area contributed by atoms with Gasteiger partial charge in [0.25, 0.3) is 0 Å². The second-order valence-electron chi connectivity index (χ2n) is 5.32. The Morgan fingerprint density at radius 1 is 1.32 bits per heavy atom. The standard InChI is InChI=1S/C14H17F5N2O/c1-22-7-12(14(17,18)19)21-5-4-11(20)13(21)8-2-3-9(15)10(16)6-8/h2-3,6,11-13H,4-5,7,20H2,1H3/t11?,12-,13?/m1/s1. The van der Waals surface area contributed by atoms with Crippen LogP contribution in [0.4, 0.5) is 22.0 Å². The molecule has 124 valence electrons. The van der Waals surface area contributed by atoms with E-state index in [4.69, 9.17) is 5.73 Å². The highest BCUT2D eigenvalue weighted by molar-refractivity contribution is 5.24. The van der Waals surface area contributed by atoms with E-state index in [-0.39, 0.29) is 12.1 Å². The summed E-state index contributed by atoms with van der Waals surface area (Å²) in [5.41, 5.74) is 6.13. The first-order chi connectivity index (χ1) is 10.3. The van der Waals surface area contributed by atoms with Crippen LogP contribution in [-0.4, -0.2) is 43.4 Å². The summed E-state index contributed by atoms with van der Waals surface area (Å²) in [5.74, 6) is -2.15. The van der Waals surface area contributed by atoms with Gasteiger partial charge in [-0.25, -0.2) is 8.78 Å². The van der Waals surface area contributed by atoms with Crippen LogP contribution in [0.25, 0.3) is 0 Å². The lowest BCUT2D eigenvalue weighted by molar-refractivity contribution is -0.197. The SMILES string of the molecule is COC[C@@H](N1CCC(N)C1c1ccc(F)c(F)c1)C(F)(F)F. The van der Waals surface area contributed by atoms with E-state index in [1.807, 2.05) is 0 Å². The lowest BCUT2D eigenvalue weighted by Crippen LogP contribution is -2.49. The fraction of sp³-hybridized carbons (Fsp3) is 0.571. The van der Waals surface area contributed by atoms with Crippen LogP contribution >= 0.6 is 0 Å². The minimum Gasteiger partial charge on any atom is -0.383 e. The second kappa shape index (κ2) is 6.47. The predicted octanol–water partition coefficient (Wildman–Crippen LogP) is 2.62. The topological polar surface area (TPSA) is 38.5 Å². The summed E-state index contributed by atoms with van der Waals surface area (Å²) in [5, 5.41) is 0.